The molecule has 3 rings (SSSR count). The SMILES string of the molecule is C[C@H]1C=CCC(=O)C[C@@H](O)CC=Cc2c3c(cc(O)c2C(=O)O1)OCO3. The molecule has 0 bridgehead atoms. The summed E-state index contributed by atoms with van der Waals surface area (Å²) in [5.41, 5.74) is 0.280. The first kappa shape index (κ1) is 18.0. The molecule has 7 heteroatoms. The second-order valence-electron chi connectivity index (χ2n) is 6.20. The standard InChI is InChI=1S/C19H20O7/c1-11-4-2-5-12(20)8-13(21)6-3-7-14-17(19(23)26-11)15(22)9-16-18(14)25-10-24-16/h2-4,7,9,11,13,21-22H,5-6,8,10H2,1H3/t11-,13-/m0/s1. The summed E-state index contributed by atoms with van der Waals surface area (Å²) in [5.74, 6) is -0.455. The number of hydrogen-bond donors (Lipinski definition) is 2. The van der Waals surface area contributed by atoms with Crippen LogP contribution in [0.15, 0.2) is 24.3 Å². The number of benzene rings is 1. The van der Waals surface area contributed by atoms with E-state index >= 15 is 0 Å². The quantitative estimate of drug-likeness (QED) is 0.541. The van der Waals surface area contributed by atoms with Crippen LogP contribution >= 0.6 is 0 Å². The van der Waals surface area contributed by atoms with Gasteiger partial charge in [0, 0.05) is 24.5 Å². The van der Waals surface area contributed by atoms with Gasteiger partial charge in [-0.15, -0.1) is 0 Å². The minimum Gasteiger partial charge on any atom is -0.507 e. The number of hydrogen-bond acceptors (Lipinski definition) is 7. The highest BCUT2D eigenvalue weighted by Gasteiger charge is 2.28. The molecule has 0 aliphatic carbocycles. The number of allylic oxidation sites excluding steroid dienone is 1. The first-order valence-electron chi connectivity index (χ1n) is 8.35. The highest BCUT2D eigenvalue weighted by molar-refractivity contribution is 5.98. The molecule has 0 saturated carbocycles. The Morgan fingerprint density at radius 3 is 2.81 bits per heavy atom. The normalized spacial score (nSPS) is 23.3. The van der Waals surface area contributed by atoms with Crippen molar-refractivity contribution in [1.82, 2.24) is 0 Å². The lowest BCUT2D eigenvalue weighted by atomic mass is 10.0. The van der Waals surface area contributed by atoms with Gasteiger partial charge in [-0.1, -0.05) is 18.2 Å². The van der Waals surface area contributed by atoms with E-state index in [0.717, 1.165) is 0 Å². The molecule has 0 fully saturated rings. The molecule has 1 aromatic rings. The van der Waals surface area contributed by atoms with Crippen LogP contribution in [0.25, 0.3) is 6.08 Å². The van der Waals surface area contributed by atoms with Gasteiger partial charge in [0.05, 0.1) is 6.10 Å². The number of aliphatic hydroxyl groups is 1. The summed E-state index contributed by atoms with van der Waals surface area (Å²) in [7, 11) is 0. The summed E-state index contributed by atoms with van der Waals surface area (Å²) in [6, 6.07) is 1.31. The second-order valence-corrected chi connectivity index (χ2v) is 6.20. The molecule has 2 aliphatic rings. The Labute approximate surface area is 150 Å². The molecule has 2 atom stereocenters. The number of ketones is 1. The Bertz CT molecular complexity index is 779. The Kier molecular flexibility index (Phi) is 5.27. The van der Waals surface area contributed by atoms with Gasteiger partial charge in [0.1, 0.15) is 23.2 Å². The number of ether oxygens (including phenoxy) is 3. The number of fused-ring (bicyclic) bond motifs is 3. The number of carbonyl (C=O) groups is 2. The van der Waals surface area contributed by atoms with Crippen molar-refractivity contribution in [2.75, 3.05) is 6.79 Å². The monoisotopic (exact) mass is 360 g/mol. The molecule has 0 spiro atoms. The highest BCUT2D eigenvalue weighted by atomic mass is 16.7. The third-order valence-corrected chi connectivity index (χ3v) is 4.09. The summed E-state index contributed by atoms with van der Waals surface area (Å²) in [6.07, 6.45) is 5.36. The Hall–Kier alpha value is -2.80. The van der Waals surface area contributed by atoms with Crippen molar-refractivity contribution in [1.29, 1.82) is 0 Å². The van der Waals surface area contributed by atoms with Gasteiger partial charge >= 0.3 is 5.97 Å². The Balaban J connectivity index is 2.03. The van der Waals surface area contributed by atoms with Gasteiger partial charge in [-0.25, -0.2) is 4.79 Å². The van der Waals surface area contributed by atoms with Crippen LogP contribution in [0.3, 0.4) is 0 Å². The Morgan fingerprint density at radius 2 is 2.00 bits per heavy atom. The van der Waals surface area contributed by atoms with Crippen LogP contribution in [0.4, 0.5) is 0 Å². The summed E-state index contributed by atoms with van der Waals surface area (Å²) in [5, 5.41) is 20.3. The predicted octanol–water partition coefficient (Wildman–Crippen LogP) is 2.35. The van der Waals surface area contributed by atoms with Crippen LogP contribution in [0.2, 0.25) is 0 Å². The molecule has 2 aliphatic heterocycles. The van der Waals surface area contributed by atoms with Crippen molar-refractivity contribution in [2.24, 2.45) is 0 Å². The zero-order chi connectivity index (χ0) is 18.7. The van der Waals surface area contributed by atoms with E-state index in [-0.39, 0.29) is 43.2 Å². The van der Waals surface area contributed by atoms with E-state index in [9.17, 15) is 19.8 Å². The summed E-state index contributed by atoms with van der Waals surface area (Å²) in [4.78, 5) is 24.4. The van der Waals surface area contributed by atoms with Crippen molar-refractivity contribution in [3.63, 3.8) is 0 Å². The fourth-order valence-electron chi connectivity index (χ4n) is 2.86. The molecule has 2 heterocycles. The van der Waals surface area contributed by atoms with Crippen molar-refractivity contribution in [3.05, 3.63) is 35.4 Å². The predicted molar refractivity (Wildman–Crippen MR) is 92.1 cm³/mol. The van der Waals surface area contributed by atoms with Crippen LogP contribution < -0.4 is 9.47 Å². The largest absolute Gasteiger partial charge is 0.507 e. The van der Waals surface area contributed by atoms with Crippen molar-refractivity contribution < 1.29 is 34.0 Å². The molecule has 26 heavy (non-hydrogen) atoms. The van der Waals surface area contributed by atoms with Gasteiger partial charge in [0.25, 0.3) is 0 Å². The zero-order valence-corrected chi connectivity index (χ0v) is 14.3. The maximum Gasteiger partial charge on any atom is 0.343 e. The van der Waals surface area contributed by atoms with Crippen LogP contribution in [0.5, 0.6) is 17.2 Å². The van der Waals surface area contributed by atoms with Gasteiger partial charge in [-0.2, -0.15) is 0 Å². The van der Waals surface area contributed by atoms with Gasteiger partial charge < -0.3 is 24.4 Å². The van der Waals surface area contributed by atoms with E-state index in [0.29, 0.717) is 17.1 Å². The molecule has 0 aromatic heterocycles. The van der Waals surface area contributed by atoms with Crippen molar-refractivity contribution >= 4 is 17.8 Å². The lowest BCUT2D eigenvalue weighted by Gasteiger charge is -2.14. The molecule has 1 aromatic carbocycles. The maximum absolute atomic E-state index is 12.6. The topological polar surface area (TPSA) is 102 Å². The summed E-state index contributed by atoms with van der Waals surface area (Å²) in [6.45, 7) is 1.63. The van der Waals surface area contributed by atoms with Crippen LogP contribution in [-0.2, 0) is 9.53 Å². The number of carbonyl (C=O) groups excluding carboxylic acids is 2. The van der Waals surface area contributed by atoms with Gasteiger partial charge in [-0.3, -0.25) is 4.79 Å². The number of phenolic OH excluding ortho intramolecular Hbond substituents is 1. The average molecular weight is 360 g/mol. The number of Topliss-reactive ketones (excluding diaryl/α,β-unsaturated/α-hetero) is 1. The first-order valence-corrected chi connectivity index (χ1v) is 8.35. The average Bonchev–Trinajstić information content (AvgIpc) is 3.01. The number of phenols is 1. The summed E-state index contributed by atoms with van der Waals surface area (Å²) >= 11 is 0. The van der Waals surface area contributed by atoms with Crippen LogP contribution in [0.1, 0.15) is 42.1 Å². The van der Waals surface area contributed by atoms with E-state index < -0.39 is 18.2 Å². The third kappa shape index (κ3) is 3.88. The fourth-order valence-corrected chi connectivity index (χ4v) is 2.86. The smallest absolute Gasteiger partial charge is 0.343 e. The molecular weight excluding hydrogens is 340 g/mol. The zero-order valence-electron chi connectivity index (χ0n) is 14.3. The van der Waals surface area contributed by atoms with Crippen LogP contribution in [0, 0.1) is 0 Å². The van der Waals surface area contributed by atoms with E-state index in [1.807, 2.05) is 0 Å². The van der Waals surface area contributed by atoms with Crippen molar-refractivity contribution in [2.45, 2.75) is 38.4 Å². The van der Waals surface area contributed by atoms with E-state index in [4.69, 9.17) is 14.2 Å². The molecule has 2 N–H and O–H groups in total. The van der Waals surface area contributed by atoms with Gasteiger partial charge in [0.2, 0.25) is 6.79 Å². The molecule has 0 radical (unpaired) electrons. The number of aromatic hydroxyl groups is 1. The fraction of sp³-hybridized carbons (Fsp3) is 0.368. The lowest BCUT2D eigenvalue weighted by Crippen LogP contribution is -2.15. The molecular formula is C19H20O7. The number of esters is 1. The highest BCUT2D eigenvalue weighted by Crippen LogP contribution is 2.43. The van der Waals surface area contributed by atoms with E-state index in [1.54, 1.807) is 31.2 Å². The van der Waals surface area contributed by atoms with Crippen LogP contribution in [-0.4, -0.2) is 41.0 Å². The Morgan fingerprint density at radius 1 is 1.19 bits per heavy atom. The number of rotatable bonds is 0. The molecule has 138 valence electrons. The minimum atomic E-state index is -0.828. The third-order valence-electron chi connectivity index (χ3n) is 4.09. The lowest BCUT2D eigenvalue weighted by molar-refractivity contribution is -0.120. The minimum absolute atomic E-state index is 0.0234. The number of cyclic esters (lactones) is 1. The molecule has 0 unspecified atom stereocenters. The van der Waals surface area contributed by atoms with Gasteiger partial charge in [0.15, 0.2) is 11.5 Å². The van der Waals surface area contributed by atoms with Gasteiger partial charge in [-0.05, 0) is 19.4 Å². The molecule has 0 amide bonds. The number of aliphatic hydroxyl groups excluding tert-OH is 1. The van der Waals surface area contributed by atoms with Crippen molar-refractivity contribution in [3.8, 4) is 17.2 Å². The second kappa shape index (κ2) is 7.61. The van der Waals surface area contributed by atoms with E-state index in [2.05, 4.69) is 0 Å². The summed E-state index contributed by atoms with van der Waals surface area (Å²) < 4.78 is 16.0. The molecule has 0 saturated heterocycles. The van der Waals surface area contributed by atoms with E-state index in [1.165, 1.54) is 6.07 Å². The first-order chi connectivity index (χ1) is 12.5. The maximum atomic E-state index is 12.6. The molecule has 7 nitrogen and oxygen atoms in total.